The Kier molecular flexibility index (Phi) is 4.24. The molecule has 1 aromatic carbocycles. The molecule has 1 heterocycles. The van der Waals surface area contributed by atoms with Crippen LogP contribution in [0.1, 0.15) is 32.8 Å². The van der Waals surface area contributed by atoms with Crippen molar-refractivity contribution in [2.24, 2.45) is 0 Å². The Morgan fingerprint density at radius 3 is 2.57 bits per heavy atom. The second kappa shape index (κ2) is 5.51. The van der Waals surface area contributed by atoms with Crippen LogP contribution in [0.25, 0.3) is 0 Å². The summed E-state index contributed by atoms with van der Waals surface area (Å²) in [6.45, 7) is 8.05. The van der Waals surface area contributed by atoms with Crippen molar-refractivity contribution in [1.82, 2.24) is 5.32 Å². The Morgan fingerprint density at radius 1 is 1.33 bits per heavy atom. The van der Waals surface area contributed by atoms with Gasteiger partial charge in [0.2, 0.25) is 5.69 Å². The number of nitrogens with one attached hydrogen (secondary N) is 1. The number of hydrogen-bond acceptors (Lipinski definition) is 3. The summed E-state index contributed by atoms with van der Waals surface area (Å²) < 4.78 is 34.2. The van der Waals surface area contributed by atoms with E-state index in [9.17, 15) is 13.0 Å². The van der Waals surface area contributed by atoms with Crippen LogP contribution in [0, 0.1) is 0 Å². The minimum Gasteiger partial charge on any atom is -0.320 e. The van der Waals surface area contributed by atoms with Crippen LogP contribution in [0.3, 0.4) is 0 Å². The quantitative estimate of drug-likeness (QED) is 0.495. The van der Waals surface area contributed by atoms with Gasteiger partial charge < -0.3 is 5.32 Å². The van der Waals surface area contributed by atoms with E-state index in [-0.39, 0.29) is 10.3 Å². The highest BCUT2D eigenvalue weighted by Crippen LogP contribution is 2.40. The molecule has 6 heteroatoms. The maximum absolute atomic E-state index is 11.3. The molecule has 0 aliphatic carbocycles. The molecular weight excluding hydrogens is 288 g/mol. The molecule has 0 radical (unpaired) electrons. The summed E-state index contributed by atoms with van der Waals surface area (Å²) in [4.78, 5) is -0.0424. The molecule has 1 aromatic rings. The number of hydrogen-bond donors (Lipinski definition) is 2. The fourth-order valence-corrected chi connectivity index (χ4v) is 3.33. The van der Waals surface area contributed by atoms with E-state index < -0.39 is 10.1 Å². The minimum atomic E-state index is -4.17. The van der Waals surface area contributed by atoms with Crippen molar-refractivity contribution in [3.63, 3.8) is 0 Å². The van der Waals surface area contributed by atoms with E-state index in [2.05, 4.69) is 30.7 Å². The first-order chi connectivity index (χ1) is 9.69. The third-order valence-electron chi connectivity index (χ3n) is 4.35. The highest BCUT2D eigenvalue weighted by Gasteiger charge is 2.43. The lowest BCUT2D eigenvalue weighted by molar-refractivity contribution is -0.439. The van der Waals surface area contributed by atoms with Gasteiger partial charge in [-0.05, 0) is 33.0 Å². The van der Waals surface area contributed by atoms with Crippen molar-refractivity contribution < 1.29 is 17.5 Å². The molecule has 1 aliphatic rings. The maximum Gasteiger partial charge on any atom is 0.294 e. The van der Waals surface area contributed by atoms with Gasteiger partial charge in [-0.2, -0.15) is 13.0 Å². The Bertz CT molecular complexity index is 691. The summed E-state index contributed by atoms with van der Waals surface area (Å²) in [7, 11) is -2.24. The predicted octanol–water partition coefficient (Wildman–Crippen LogP) is 1.94. The molecule has 116 valence electrons. The summed E-state index contributed by atoms with van der Waals surface area (Å²) in [5, 5.41) is 3.13. The van der Waals surface area contributed by atoms with Crippen LogP contribution >= 0.6 is 0 Å². The first-order valence-corrected chi connectivity index (χ1v) is 8.52. The summed E-state index contributed by atoms with van der Waals surface area (Å²) in [6.07, 6.45) is 1.00. The molecule has 0 fully saturated rings. The first kappa shape index (κ1) is 16.1. The molecule has 0 unspecified atom stereocenters. The number of rotatable bonds is 5. The SMILES string of the molecule is CNCCC[N+]1=C(C)C(C)(C)c2cc(S(=O)(=O)O)ccc21. The smallest absolute Gasteiger partial charge is 0.294 e. The van der Waals surface area contributed by atoms with Crippen molar-refractivity contribution >= 4 is 21.5 Å². The van der Waals surface area contributed by atoms with E-state index in [0.29, 0.717) is 0 Å². The summed E-state index contributed by atoms with van der Waals surface area (Å²) in [6, 6.07) is 4.84. The van der Waals surface area contributed by atoms with Crippen LogP contribution in [0.2, 0.25) is 0 Å². The van der Waals surface area contributed by atoms with Gasteiger partial charge in [0, 0.05) is 31.5 Å². The molecular formula is C15H23N2O3S+. The Hall–Kier alpha value is -1.24. The molecule has 5 nitrogen and oxygen atoms in total. The molecule has 2 N–H and O–H groups in total. The fraction of sp³-hybridized carbons (Fsp3) is 0.533. The Labute approximate surface area is 126 Å². The molecule has 0 spiro atoms. The van der Waals surface area contributed by atoms with Crippen molar-refractivity contribution in [1.29, 1.82) is 0 Å². The van der Waals surface area contributed by atoms with Crippen LogP contribution in [0.4, 0.5) is 5.69 Å². The van der Waals surface area contributed by atoms with Gasteiger partial charge in [0.15, 0.2) is 5.71 Å². The second-order valence-electron chi connectivity index (χ2n) is 5.97. The van der Waals surface area contributed by atoms with Crippen LogP contribution < -0.4 is 5.32 Å². The normalized spacial score (nSPS) is 17.2. The van der Waals surface area contributed by atoms with Gasteiger partial charge in [0.05, 0.1) is 10.3 Å². The van der Waals surface area contributed by atoms with Gasteiger partial charge in [-0.1, -0.05) is 0 Å². The topological polar surface area (TPSA) is 69.4 Å². The lowest BCUT2D eigenvalue weighted by atomic mass is 9.82. The van der Waals surface area contributed by atoms with Crippen molar-refractivity contribution in [2.75, 3.05) is 20.1 Å². The highest BCUT2D eigenvalue weighted by molar-refractivity contribution is 7.85. The summed E-state index contributed by atoms with van der Waals surface area (Å²) >= 11 is 0. The van der Waals surface area contributed by atoms with Gasteiger partial charge in [0.1, 0.15) is 6.54 Å². The van der Waals surface area contributed by atoms with E-state index in [0.717, 1.165) is 30.8 Å². The van der Waals surface area contributed by atoms with Crippen LogP contribution in [-0.2, 0) is 15.5 Å². The predicted molar refractivity (Wildman–Crippen MR) is 83.3 cm³/mol. The zero-order chi connectivity index (χ0) is 15.8. The number of nitrogens with zero attached hydrogens (tertiary/aromatic N) is 1. The number of fused-ring (bicyclic) bond motifs is 1. The van der Waals surface area contributed by atoms with E-state index in [4.69, 9.17) is 0 Å². The fourth-order valence-electron chi connectivity index (χ4n) is 2.83. The average Bonchev–Trinajstić information content (AvgIpc) is 2.59. The highest BCUT2D eigenvalue weighted by atomic mass is 32.2. The number of benzene rings is 1. The van der Waals surface area contributed by atoms with Crippen molar-refractivity contribution in [3.8, 4) is 0 Å². The van der Waals surface area contributed by atoms with Gasteiger partial charge in [-0.15, -0.1) is 0 Å². The molecule has 0 saturated carbocycles. The van der Waals surface area contributed by atoms with E-state index >= 15 is 0 Å². The lowest BCUT2D eigenvalue weighted by Gasteiger charge is -2.15. The van der Waals surface area contributed by atoms with E-state index in [1.54, 1.807) is 12.1 Å². The lowest BCUT2D eigenvalue weighted by Crippen LogP contribution is -2.27. The molecule has 0 aromatic heterocycles. The summed E-state index contributed by atoms with van der Waals surface area (Å²) in [5.41, 5.74) is 2.93. The molecule has 0 amide bonds. The monoisotopic (exact) mass is 311 g/mol. The average molecular weight is 311 g/mol. The molecule has 1 aliphatic heterocycles. The third-order valence-corrected chi connectivity index (χ3v) is 5.20. The van der Waals surface area contributed by atoms with Crippen LogP contribution in [-0.4, -0.2) is 43.4 Å². The van der Waals surface area contributed by atoms with Gasteiger partial charge in [-0.25, -0.2) is 0 Å². The second-order valence-corrected chi connectivity index (χ2v) is 7.39. The van der Waals surface area contributed by atoms with E-state index in [1.165, 1.54) is 11.8 Å². The summed E-state index contributed by atoms with van der Waals surface area (Å²) in [5.74, 6) is 0. The van der Waals surface area contributed by atoms with Gasteiger partial charge >= 0.3 is 0 Å². The molecule has 0 bridgehead atoms. The first-order valence-electron chi connectivity index (χ1n) is 7.08. The van der Waals surface area contributed by atoms with Gasteiger partial charge in [-0.3, -0.25) is 4.55 Å². The third kappa shape index (κ3) is 2.88. The van der Waals surface area contributed by atoms with Crippen molar-refractivity contribution in [3.05, 3.63) is 23.8 Å². The van der Waals surface area contributed by atoms with Crippen molar-refractivity contribution in [2.45, 2.75) is 37.5 Å². The van der Waals surface area contributed by atoms with E-state index in [1.807, 2.05) is 7.05 Å². The Balaban J connectivity index is 2.48. The molecule has 0 atom stereocenters. The Morgan fingerprint density at radius 2 is 2.00 bits per heavy atom. The van der Waals surface area contributed by atoms with Crippen LogP contribution in [0.15, 0.2) is 23.1 Å². The standard InChI is InChI=1S/C15H22N2O3S/c1-11-15(2,3)13-10-12(21(18,19)20)6-7-14(13)17(11)9-5-8-16-4/h6-7,10,16H,5,8-9H2,1-4H3/p+1. The molecule has 2 rings (SSSR count). The molecule has 21 heavy (non-hydrogen) atoms. The van der Waals surface area contributed by atoms with Crippen LogP contribution in [0.5, 0.6) is 0 Å². The molecule has 0 saturated heterocycles. The minimum absolute atomic E-state index is 0.0424. The zero-order valence-electron chi connectivity index (χ0n) is 13.0. The largest absolute Gasteiger partial charge is 0.320 e. The zero-order valence-corrected chi connectivity index (χ0v) is 13.8. The maximum atomic E-state index is 11.3. The van der Waals surface area contributed by atoms with Gasteiger partial charge in [0.25, 0.3) is 10.1 Å².